The van der Waals surface area contributed by atoms with Gasteiger partial charge in [0.1, 0.15) is 5.82 Å². The fourth-order valence-corrected chi connectivity index (χ4v) is 3.62. The number of aromatic amines is 1. The smallest absolute Gasteiger partial charge is 0.222 e. The highest BCUT2D eigenvalue weighted by Gasteiger charge is 2.24. The summed E-state index contributed by atoms with van der Waals surface area (Å²) in [6, 6.07) is 9.37. The molecular formula is C20H19FN6O. The van der Waals surface area contributed by atoms with Crippen molar-refractivity contribution in [3.05, 3.63) is 54.9 Å². The molecule has 4 aromatic rings. The number of halogens is 1. The molecule has 5 rings (SSSR count). The van der Waals surface area contributed by atoms with Crippen LogP contribution in [0.15, 0.2) is 48.9 Å². The SMILES string of the molecule is C[C@@H]1COCCN1c1cc(-c2cccnc2F)n2ncc(-c3ccc[nH]3)c2n1. The number of anilines is 1. The van der Waals surface area contributed by atoms with E-state index in [9.17, 15) is 4.39 Å². The van der Waals surface area contributed by atoms with Gasteiger partial charge in [0.25, 0.3) is 0 Å². The Morgan fingerprint density at radius 1 is 1.25 bits per heavy atom. The lowest BCUT2D eigenvalue weighted by atomic mass is 10.1. The topological polar surface area (TPSA) is 71.3 Å². The van der Waals surface area contributed by atoms with Crippen LogP contribution >= 0.6 is 0 Å². The molecule has 142 valence electrons. The number of hydrogen-bond donors (Lipinski definition) is 1. The third-order valence-corrected chi connectivity index (χ3v) is 5.04. The molecule has 28 heavy (non-hydrogen) atoms. The van der Waals surface area contributed by atoms with E-state index in [1.54, 1.807) is 22.8 Å². The van der Waals surface area contributed by atoms with E-state index in [1.807, 2.05) is 24.4 Å². The van der Waals surface area contributed by atoms with Gasteiger partial charge >= 0.3 is 0 Å². The highest BCUT2D eigenvalue weighted by atomic mass is 19.1. The number of aromatic nitrogens is 5. The van der Waals surface area contributed by atoms with Crippen LogP contribution < -0.4 is 4.90 Å². The molecule has 0 radical (unpaired) electrons. The van der Waals surface area contributed by atoms with Crippen LogP contribution in [0, 0.1) is 5.95 Å². The lowest BCUT2D eigenvalue weighted by Gasteiger charge is -2.34. The van der Waals surface area contributed by atoms with Crippen molar-refractivity contribution < 1.29 is 9.13 Å². The fourth-order valence-electron chi connectivity index (χ4n) is 3.62. The van der Waals surface area contributed by atoms with Gasteiger partial charge in [-0.2, -0.15) is 9.49 Å². The zero-order chi connectivity index (χ0) is 19.1. The molecule has 4 aromatic heterocycles. The Morgan fingerprint density at radius 3 is 2.96 bits per heavy atom. The van der Waals surface area contributed by atoms with Gasteiger partial charge in [0, 0.05) is 25.0 Å². The molecule has 1 fully saturated rings. The van der Waals surface area contributed by atoms with Crippen molar-refractivity contribution in [2.24, 2.45) is 0 Å². The van der Waals surface area contributed by atoms with Gasteiger partial charge in [0.05, 0.1) is 48.0 Å². The van der Waals surface area contributed by atoms with Gasteiger partial charge in [-0.25, -0.2) is 14.5 Å². The fraction of sp³-hybridized carbons (Fsp3) is 0.250. The van der Waals surface area contributed by atoms with Gasteiger partial charge in [0.2, 0.25) is 5.95 Å². The largest absolute Gasteiger partial charge is 0.377 e. The summed E-state index contributed by atoms with van der Waals surface area (Å²) in [7, 11) is 0. The number of fused-ring (bicyclic) bond motifs is 1. The summed E-state index contributed by atoms with van der Waals surface area (Å²) >= 11 is 0. The van der Waals surface area contributed by atoms with Gasteiger partial charge in [-0.05, 0) is 31.2 Å². The van der Waals surface area contributed by atoms with Crippen LogP contribution in [0.3, 0.4) is 0 Å². The van der Waals surface area contributed by atoms with Gasteiger partial charge < -0.3 is 14.6 Å². The van der Waals surface area contributed by atoms with E-state index >= 15 is 0 Å². The Labute approximate surface area is 160 Å². The molecule has 7 nitrogen and oxygen atoms in total. The number of rotatable bonds is 3. The third kappa shape index (κ3) is 2.73. The Balaban J connectivity index is 1.77. The van der Waals surface area contributed by atoms with E-state index in [1.165, 1.54) is 6.20 Å². The van der Waals surface area contributed by atoms with Crippen molar-refractivity contribution in [1.29, 1.82) is 0 Å². The number of pyridine rings is 1. The maximum absolute atomic E-state index is 14.5. The monoisotopic (exact) mass is 378 g/mol. The lowest BCUT2D eigenvalue weighted by molar-refractivity contribution is 0.0985. The van der Waals surface area contributed by atoms with Crippen LogP contribution in [0.5, 0.6) is 0 Å². The van der Waals surface area contributed by atoms with Crippen LogP contribution in [0.4, 0.5) is 10.2 Å². The van der Waals surface area contributed by atoms with Gasteiger partial charge in [0.15, 0.2) is 5.65 Å². The number of morpholine rings is 1. The minimum Gasteiger partial charge on any atom is -0.377 e. The summed E-state index contributed by atoms with van der Waals surface area (Å²) < 4.78 is 21.8. The number of ether oxygens (including phenoxy) is 1. The summed E-state index contributed by atoms with van der Waals surface area (Å²) in [5.41, 5.74) is 3.43. The minimum atomic E-state index is -0.534. The predicted octanol–water partition coefficient (Wildman–Crippen LogP) is 3.15. The summed E-state index contributed by atoms with van der Waals surface area (Å²) in [5, 5.41) is 4.49. The van der Waals surface area contributed by atoms with Crippen LogP contribution in [-0.2, 0) is 4.74 Å². The molecule has 1 aliphatic heterocycles. The highest BCUT2D eigenvalue weighted by Crippen LogP contribution is 2.31. The van der Waals surface area contributed by atoms with E-state index in [2.05, 4.69) is 26.9 Å². The van der Waals surface area contributed by atoms with Crippen molar-refractivity contribution >= 4 is 11.5 Å². The van der Waals surface area contributed by atoms with Crippen LogP contribution in [0.1, 0.15) is 6.92 Å². The molecule has 0 aliphatic carbocycles. The molecule has 0 saturated carbocycles. The Hall–Kier alpha value is -3.26. The van der Waals surface area contributed by atoms with E-state index in [0.717, 1.165) is 23.6 Å². The molecule has 0 bridgehead atoms. The first kappa shape index (κ1) is 16.9. The molecule has 0 unspecified atom stereocenters. The first-order valence-corrected chi connectivity index (χ1v) is 9.20. The average molecular weight is 378 g/mol. The maximum atomic E-state index is 14.5. The molecular weight excluding hydrogens is 359 g/mol. The minimum absolute atomic E-state index is 0.173. The molecule has 8 heteroatoms. The number of nitrogens with one attached hydrogen (secondary N) is 1. The maximum Gasteiger partial charge on any atom is 0.222 e. The Kier molecular flexibility index (Phi) is 4.05. The van der Waals surface area contributed by atoms with Gasteiger partial charge in [-0.3, -0.25) is 0 Å². The van der Waals surface area contributed by atoms with Crippen molar-refractivity contribution in [1.82, 2.24) is 24.6 Å². The summed E-state index contributed by atoms with van der Waals surface area (Å²) in [4.78, 5) is 14.1. The zero-order valence-electron chi connectivity index (χ0n) is 15.3. The van der Waals surface area contributed by atoms with Crippen molar-refractivity contribution in [3.63, 3.8) is 0 Å². The Morgan fingerprint density at radius 2 is 2.18 bits per heavy atom. The number of H-pyrrole nitrogens is 1. The normalized spacial score (nSPS) is 17.4. The van der Waals surface area contributed by atoms with Crippen molar-refractivity contribution in [3.8, 4) is 22.5 Å². The van der Waals surface area contributed by atoms with Crippen LogP contribution in [0.2, 0.25) is 0 Å². The van der Waals surface area contributed by atoms with E-state index < -0.39 is 5.95 Å². The molecule has 1 N–H and O–H groups in total. The van der Waals surface area contributed by atoms with Gasteiger partial charge in [-0.1, -0.05) is 0 Å². The number of hydrogen-bond acceptors (Lipinski definition) is 5. The van der Waals surface area contributed by atoms with Gasteiger partial charge in [-0.15, -0.1) is 0 Å². The first-order valence-electron chi connectivity index (χ1n) is 9.20. The second-order valence-electron chi connectivity index (χ2n) is 6.84. The summed E-state index contributed by atoms with van der Waals surface area (Å²) in [6.07, 6.45) is 5.04. The molecule has 1 saturated heterocycles. The van der Waals surface area contributed by atoms with E-state index in [4.69, 9.17) is 9.72 Å². The second kappa shape index (κ2) is 6.72. The standard InChI is InChI=1S/C20H19FN6O/c1-13-12-28-9-8-26(13)18-10-17(14-4-2-7-23-19(14)21)27-20(25-18)15(11-24-27)16-5-3-6-22-16/h2-7,10-11,13,22H,8-9,12H2,1H3/t13-/m1/s1. The predicted molar refractivity (Wildman–Crippen MR) is 104 cm³/mol. The zero-order valence-corrected chi connectivity index (χ0v) is 15.3. The molecule has 1 atom stereocenters. The Bertz CT molecular complexity index is 1120. The molecule has 1 aliphatic rings. The third-order valence-electron chi connectivity index (χ3n) is 5.04. The average Bonchev–Trinajstić information content (AvgIpc) is 3.37. The summed E-state index contributed by atoms with van der Waals surface area (Å²) in [6.45, 7) is 4.09. The quantitative estimate of drug-likeness (QED) is 0.555. The van der Waals surface area contributed by atoms with Crippen molar-refractivity contribution in [2.75, 3.05) is 24.7 Å². The molecule has 5 heterocycles. The number of nitrogens with zero attached hydrogens (tertiary/aromatic N) is 5. The van der Waals surface area contributed by atoms with Crippen LogP contribution in [-0.4, -0.2) is 50.4 Å². The van der Waals surface area contributed by atoms with Crippen molar-refractivity contribution in [2.45, 2.75) is 13.0 Å². The molecule has 0 amide bonds. The van der Waals surface area contributed by atoms with E-state index in [-0.39, 0.29) is 6.04 Å². The molecule has 0 aromatic carbocycles. The summed E-state index contributed by atoms with van der Waals surface area (Å²) in [5.74, 6) is 0.239. The highest BCUT2D eigenvalue weighted by molar-refractivity contribution is 5.79. The first-order chi connectivity index (χ1) is 13.7. The van der Waals surface area contributed by atoms with E-state index in [0.29, 0.717) is 30.1 Å². The lowest BCUT2D eigenvalue weighted by Crippen LogP contribution is -2.44. The van der Waals surface area contributed by atoms with Crippen LogP contribution in [0.25, 0.3) is 28.2 Å². The second-order valence-corrected chi connectivity index (χ2v) is 6.84. The molecule has 0 spiro atoms.